The molecule has 1 saturated heterocycles. The number of benzene rings is 2. The van der Waals surface area contributed by atoms with Crippen molar-refractivity contribution < 1.29 is 4.79 Å². The van der Waals surface area contributed by atoms with Gasteiger partial charge in [-0.3, -0.25) is 4.79 Å². The summed E-state index contributed by atoms with van der Waals surface area (Å²) in [5.41, 5.74) is 4.16. The second-order valence-electron chi connectivity index (χ2n) is 6.78. The number of anilines is 3. The average molecular weight is 372 g/mol. The third kappa shape index (κ3) is 5.15. The van der Waals surface area contributed by atoms with Crippen molar-refractivity contribution in [3.05, 3.63) is 53.1 Å². The number of carbonyl (C=O) groups excluding carboxylic acids is 1. The van der Waals surface area contributed by atoms with Crippen molar-refractivity contribution >= 4 is 34.6 Å². The van der Waals surface area contributed by atoms with E-state index < -0.39 is 0 Å². The molecule has 2 N–H and O–H groups in total. The van der Waals surface area contributed by atoms with Crippen LogP contribution in [0.15, 0.2) is 42.5 Å². The smallest absolute Gasteiger partial charge is 0.226 e. The van der Waals surface area contributed by atoms with Gasteiger partial charge in [-0.1, -0.05) is 17.7 Å². The third-order valence-electron chi connectivity index (χ3n) is 4.74. The minimum absolute atomic E-state index is 0.00269. The highest BCUT2D eigenvalue weighted by Gasteiger charge is 2.11. The maximum Gasteiger partial charge on any atom is 0.226 e. The van der Waals surface area contributed by atoms with Crippen molar-refractivity contribution in [2.45, 2.75) is 32.6 Å². The van der Waals surface area contributed by atoms with Crippen LogP contribution in [-0.4, -0.2) is 25.5 Å². The summed E-state index contributed by atoms with van der Waals surface area (Å²) in [6, 6.07) is 13.9. The van der Waals surface area contributed by atoms with E-state index in [0.29, 0.717) is 18.0 Å². The van der Waals surface area contributed by atoms with Gasteiger partial charge in [0, 0.05) is 48.1 Å². The molecule has 0 bridgehead atoms. The number of halogens is 1. The van der Waals surface area contributed by atoms with E-state index in [-0.39, 0.29) is 5.91 Å². The van der Waals surface area contributed by atoms with Crippen molar-refractivity contribution in [1.82, 2.24) is 0 Å². The van der Waals surface area contributed by atoms with Crippen molar-refractivity contribution in [1.29, 1.82) is 0 Å². The number of aryl methyl sites for hydroxylation is 1. The van der Waals surface area contributed by atoms with Crippen molar-refractivity contribution in [2.75, 3.05) is 35.2 Å². The van der Waals surface area contributed by atoms with Gasteiger partial charge in [-0.2, -0.15) is 0 Å². The Balaban J connectivity index is 1.46. The second kappa shape index (κ2) is 8.95. The third-order valence-corrected chi connectivity index (χ3v) is 4.97. The normalized spacial score (nSPS) is 14.2. The van der Waals surface area contributed by atoms with E-state index in [9.17, 15) is 4.79 Å². The van der Waals surface area contributed by atoms with E-state index in [1.165, 1.54) is 24.9 Å². The Kier molecular flexibility index (Phi) is 6.40. The molecule has 2 aromatic rings. The van der Waals surface area contributed by atoms with Crippen LogP contribution >= 0.6 is 11.6 Å². The molecule has 1 heterocycles. The number of amides is 1. The zero-order valence-electron chi connectivity index (χ0n) is 15.2. The predicted molar refractivity (Wildman–Crippen MR) is 110 cm³/mol. The number of nitrogens with zero attached hydrogens (tertiary/aromatic N) is 1. The molecule has 0 atom stereocenters. The fraction of sp³-hybridized carbons (Fsp3) is 0.381. The Morgan fingerprint density at radius 2 is 1.81 bits per heavy atom. The molecule has 2 aromatic carbocycles. The zero-order chi connectivity index (χ0) is 18.4. The highest BCUT2D eigenvalue weighted by molar-refractivity contribution is 6.30. The quantitative estimate of drug-likeness (QED) is 0.744. The molecular weight excluding hydrogens is 346 g/mol. The molecule has 4 nitrogen and oxygen atoms in total. The molecule has 138 valence electrons. The van der Waals surface area contributed by atoms with E-state index in [1.54, 1.807) is 0 Å². The Labute approximate surface area is 160 Å². The van der Waals surface area contributed by atoms with Gasteiger partial charge in [0.25, 0.3) is 0 Å². The average Bonchev–Trinajstić information content (AvgIpc) is 2.66. The Morgan fingerprint density at radius 3 is 2.54 bits per heavy atom. The van der Waals surface area contributed by atoms with Crippen molar-refractivity contribution in [2.24, 2.45) is 0 Å². The van der Waals surface area contributed by atoms with E-state index in [4.69, 9.17) is 11.6 Å². The van der Waals surface area contributed by atoms with Gasteiger partial charge in [-0.05, 0) is 68.1 Å². The van der Waals surface area contributed by atoms with Crippen LogP contribution in [0.4, 0.5) is 17.1 Å². The van der Waals surface area contributed by atoms with E-state index in [1.807, 2.05) is 37.3 Å². The maximum absolute atomic E-state index is 12.2. The lowest BCUT2D eigenvalue weighted by molar-refractivity contribution is -0.115. The molecule has 5 heteroatoms. The molecule has 0 spiro atoms. The van der Waals surface area contributed by atoms with Crippen LogP contribution in [0.2, 0.25) is 5.02 Å². The number of rotatable bonds is 6. The Morgan fingerprint density at radius 1 is 1.08 bits per heavy atom. The number of hydrogen-bond acceptors (Lipinski definition) is 3. The Hall–Kier alpha value is -2.20. The standard InChI is InChI=1S/C21H26ClN3O/c1-16-5-6-17(22)15-20(16)23-12-11-21(26)24-18-7-9-19(10-8-18)25-13-3-2-4-14-25/h5-10,15,23H,2-4,11-14H2,1H3,(H,24,26). The van der Waals surface area contributed by atoms with Gasteiger partial charge in [-0.15, -0.1) is 0 Å². The van der Waals surface area contributed by atoms with Crippen LogP contribution in [0.25, 0.3) is 0 Å². The largest absolute Gasteiger partial charge is 0.384 e. The van der Waals surface area contributed by atoms with Gasteiger partial charge in [-0.25, -0.2) is 0 Å². The van der Waals surface area contributed by atoms with Crippen LogP contribution < -0.4 is 15.5 Å². The topological polar surface area (TPSA) is 44.4 Å². The van der Waals surface area contributed by atoms with E-state index >= 15 is 0 Å². The first kappa shape index (κ1) is 18.6. The fourth-order valence-electron chi connectivity index (χ4n) is 3.23. The lowest BCUT2D eigenvalue weighted by atomic mass is 10.1. The van der Waals surface area contributed by atoms with Crippen molar-refractivity contribution in [3.8, 4) is 0 Å². The van der Waals surface area contributed by atoms with Crippen LogP contribution in [0, 0.1) is 6.92 Å². The molecule has 1 amide bonds. The van der Waals surface area contributed by atoms with Crippen LogP contribution in [-0.2, 0) is 4.79 Å². The molecule has 1 aliphatic heterocycles. The summed E-state index contributed by atoms with van der Waals surface area (Å²) in [5, 5.41) is 6.92. The van der Waals surface area contributed by atoms with Crippen LogP contribution in [0.1, 0.15) is 31.2 Å². The molecule has 1 aliphatic rings. The lowest BCUT2D eigenvalue weighted by Crippen LogP contribution is -2.29. The predicted octanol–water partition coefficient (Wildman–Crippen LogP) is 5.08. The first-order valence-corrected chi connectivity index (χ1v) is 9.64. The summed E-state index contributed by atoms with van der Waals surface area (Å²) in [5.74, 6) is 0.00269. The molecular formula is C21H26ClN3O. The molecule has 3 rings (SSSR count). The van der Waals surface area contributed by atoms with Gasteiger partial charge in [0.05, 0.1) is 0 Å². The first-order valence-electron chi connectivity index (χ1n) is 9.27. The highest BCUT2D eigenvalue weighted by Crippen LogP contribution is 2.22. The monoisotopic (exact) mass is 371 g/mol. The van der Waals surface area contributed by atoms with E-state index in [2.05, 4.69) is 27.7 Å². The van der Waals surface area contributed by atoms with Gasteiger partial charge in [0.1, 0.15) is 0 Å². The number of carbonyl (C=O) groups is 1. The number of hydrogen-bond donors (Lipinski definition) is 2. The first-order chi connectivity index (χ1) is 12.6. The summed E-state index contributed by atoms with van der Waals surface area (Å²) in [6.07, 6.45) is 4.25. The summed E-state index contributed by atoms with van der Waals surface area (Å²) in [7, 11) is 0. The zero-order valence-corrected chi connectivity index (χ0v) is 16.0. The van der Waals surface area contributed by atoms with E-state index in [0.717, 1.165) is 30.0 Å². The minimum atomic E-state index is 0.00269. The number of piperidine rings is 1. The molecule has 0 aromatic heterocycles. The van der Waals surface area contributed by atoms with Gasteiger partial charge in [0.15, 0.2) is 0 Å². The van der Waals surface area contributed by atoms with Gasteiger partial charge >= 0.3 is 0 Å². The molecule has 0 radical (unpaired) electrons. The summed E-state index contributed by atoms with van der Waals surface area (Å²) >= 11 is 6.01. The number of nitrogens with one attached hydrogen (secondary N) is 2. The Bertz CT molecular complexity index is 739. The van der Waals surface area contributed by atoms with Crippen molar-refractivity contribution in [3.63, 3.8) is 0 Å². The SMILES string of the molecule is Cc1ccc(Cl)cc1NCCC(=O)Nc1ccc(N2CCCCC2)cc1. The lowest BCUT2D eigenvalue weighted by Gasteiger charge is -2.28. The van der Waals surface area contributed by atoms with Gasteiger partial charge < -0.3 is 15.5 Å². The fourth-order valence-corrected chi connectivity index (χ4v) is 3.40. The van der Waals surface area contributed by atoms with Crippen LogP contribution in [0.3, 0.4) is 0 Å². The molecule has 0 aliphatic carbocycles. The minimum Gasteiger partial charge on any atom is -0.384 e. The summed E-state index contributed by atoms with van der Waals surface area (Å²) in [6.45, 7) is 4.84. The molecule has 26 heavy (non-hydrogen) atoms. The maximum atomic E-state index is 12.2. The van der Waals surface area contributed by atoms with Crippen LogP contribution in [0.5, 0.6) is 0 Å². The highest BCUT2D eigenvalue weighted by atomic mass is 35.5. The molecule has 1 fully saturated rings. The summed E-state index contributed by atoms with van der Waals surface area (Å²) in [4.78, 5) is 14.6. The summed E-state index contributed by atoms with van der Waals surface area (Å²) < 4.78 is 0. The molecule has 0 unspecified atom stereocenters. The van der Waals surface area contributed by atoms with Gasteiger partial charge in [0.2, 0.25) is 5.91 Å². The second-order valence-corrected chi connectivity index (χ2v) is 7.22. The molecule has 0 saturated carbocycles.